The summed E-state index contributed by atoms with van der Waals surface area (Å²) in [6.07, 6.45) is 5.88. The van der Waals surface area contributed by atoms with Gasteiger partial charge in [0.25, 0.3) is 0 Å². The molecule has 2 aromatic rings. The van der Waals surface area contributed by atoms with Crippen molar-refractivity contribution in [1.29, 1.82) is 0 Å². The molecule has 0 radical (unpaired) electrons. The van der Waals surface area contributed by atoms with Crippen LogP contribution in [0.4, 0.5) is 0 Å². The number of methoxy groups -OCH3 is 1. The summed E-state index contributed by atoms with van der Waals surface area (Å²) in [5.41, 5.74) is 0.543. The minimum atomic E-state index is -1.30. The molecule has 2 N–H and O–H groups in total. The van der Waals surface area contributed by atoms with Gasteiger partial charge in [-0.05, 0) is 68.2 Å². The predicted molar refractivity (Wildman–Crippen MR) is 128 cm³/mol. The molecule has 0 saturated carbocycles. The number of benzene rings is 2. The van der Waals surface area contributed by atoms with Crippen LogP contribution in [0.3, 0.4) is 0 Å². The zero-order valence-corrected chi connectivity index (χ0v) is 19.7. The molecule has 0 unspecified atom stereocenters. The third-order valence-electron chi connectivity index (χ3n) is 4.89. The zero-order chi connectivity index (χ0) is 24.3. The molecule has 178 valence electrons. The van der Waals surface area contributed by atoms with Crippen molar-refractivity contribution >= 4 is 18.0 Å². The molecule has 2 aromatic carbocycles. The van der Waals surface area contributed by atoms with Crippen LogP contribution in [0, 0.1) is 0 Å². The highest BCUT2D eigenvalue weighted by molar-refractivity contribution is 5.91. The smallest absolute Gasteiger partial charge is 0.347 e. The Morgan fingerprint density at radius 3 is 2.45 bits per heavy atom. The molecule has 0 aliphatic carbocycles. The van der Waals surface area contributed by atoms with E-state index in [9.17, 15) is 9.59 Å². The number of hydrogen-bond donors (Lipinski definition) is 2. The molecule has 1 amide bonds. The van der Waals surface area contributed by atoms with Gasteiger partial charge < -0.3 is 24.6 Å². The predicted octanol–water partition coefficient (Wildman–Crippen LogP) is 4.49. The third-order valence-corrected chi connectivity index (χ3v) is 4.89. The summed E-state index contributed by atoms with van der Waals surface area (Å²) in [5.74, 6) is 0.580. The quantitative estimate of drug-likeness (QED) is 0.341. The van der Waals surface area contributed by atoms with Crippen molar-refractivity contribution < 1.29 is 28.9 Å². The van der Waals surface area contributed by atoms with Gasteiger partial charge in [0.05, 0.1) is 13.7 Å². The lowest BCUT2D eigenvalue weighted by molar-refractivity contribution is -0.152. The maximum atomic E-state index is 12.1. The molecule has 0 saturated heterocycles. The molecule has 0 aliphatic rings. The number of carbonyl (C=O) groups is 2. The normalized spacial score (nSPS) is 11.3. The Labute approximate surface area is 195 Å². The number of aliphatic carboxylic acids is 1. The molecule has 7 nitrogen and oxygen atoms in total. The molecule has 0 aromatic heterocycles. The third kappa shape index (κ3) is 8.52. The van der Waals surface area contributed by atoms with E-state index in [4.69, 9.17) is 19.3 Å². The highest BCUT2D eigenvalue weighted by Crippen LogP contribution is 2.28. The molecule has 0 heterocycles. The number of nitrogens with one attached hydrogen (secondary N) is 1. The maximum Gasteiger partial charge on any atom is 0.347 e. The number of carboxylic acid groups (broad SMARTS) is 1. The Balaban J connectivity index is 1.82. The second-order valence-corrected chi connectivity index (χ2v) is 8.05. The largest absolute Gasteiger partial charge is 0.493 e. The number of amides is 1. The van der Waals surface area contributed by atoms with Crippen molar-refractivity contribution in [2.24, 2.45) is 0 Å². The first-order valence-corrected chi connectivity index (χ1v) is 11.0. The van der Waals surface area contributed by atoms with E-state index in [1.54, 1.807) is 25.3 Å². The van der Waals surface area contributed by atoms with Crippen molar-refractivity contribution in [2.75, 3.05) is 20.3 Å². The number of unbranched alkanes of at least 4 members (excludes halogenated alkanes) is 1. The molecule has 0 bridgehead atoms. The maximum absolute atomic E-state index is 12.1. The van der Waals surface area contributed by atoms with Gasteiger partial charge in [0.2, 0.25) is 5.91 Å². The second kappa shape index (κ2) is 12.5. The topological polar surface area (TPSA) is 94.1 Å². The number of rotatable bonds is 13. The Morgan fingerprint density at radius 1 is 1.09 bits per heavy atom. The summed E-state index contributed by atoms with van der Waals surface area (Å²) in [5, 5.41) is 12.0. The Hall–Kier alpha value is -3.48. The molecule has 0 spiro atoms. The van der Waals surface area contributed by atoms with Crippen molar-refractivity contribution in [2.45, 2.75) is 45.6 Å². The van der Waals surface area contributed by atoms with Crippen molar-refractivity contribution in [3.63, 3.8) is 0 Å². The van der Waals surface area contributed by atoms with Gasteiger partial charge in [0, 0.05) is 12.6 Å². The first kappa shape index (κ1) is 25.8. The van der Waals surface area contributed by atoms with Crippen LogP contribution in [0.25, 0.3) is 6.08 Å². The van der Waals surface area contributed by atoms with Gasteiger partial charge in [-0.15, -0.1) is 0 Å². The average molecular weight is 456 g/mol. The fourth-order valence-corrected chi connectivity index (χ4v) is 2.86. The van der Waals surface area contributed by atoms with E-state index in [2.05, 4.69) is 12.2 Å². The fraction of sp³-hybridized carbons (Fsp3) is 0.385. The average Bonchev–Trinajstić information content (AvgIpc) is 2.79. The van der Waals surface area contributed by atoms with Crippen LogP contribution in [0.2, 0.25) is 0 Å². The van der Waals surface area contributed by atoms with Crippen LogP contribution in [-0.4, -0.2) is 42.8 Å². The van der Waals surface area contributed by atoms with Crippen LogP contribution < -0.4 is 19.5 Å². The summed E-state index contributed by atoms with van der Waals surface area (Å²) in [6.45, 7) is 6.21. The monoisotopic (exact) mass is 455 g/mol. The van der Waals surface area contributed by atoms with Crippen LogP contribution in [-0.2, 0) is 16.0 Å². The fourth-order valence-electron chi connectivity index (χ4n) is 2.86. The van der Waals surface area contributed by atoms with E-state index in [-0.39, 0.29) is 5.91 Å². The van der Waals surface area contributed by atoms with E-state index in [1.165, 1.54) is 19.9 Å². The van der Waals surface area contributed by atoms with Crippen molar-refractivity contribution in [3.05, 3.63) is 59.7 Å². The zero-order valence-electron chi connectivity index (χ0n) is 19.7. The van der Waals surface area contributed by atoms with Crippen LogP contribution >= 0.6 is 0 Å². The lowest BCUT2D eigenvalue weighted by atomic mass is 10.1. The Kier molecular flexibility index (Phi) is 9.79. The van der Waals surface area contributed by atoms with Crippen LogP contribution in [0.5, 0.6) is 17.2 Å². The Morgan fingerprint density at radius 2 is 1.82 bits per heavy atom. The summed E-state index contributed by atoms with van der Waals surface area (Å²) in [6, 6.07) is 12.7. The summed E-state index contributed by atoms with van der Waals surface area (Å²) >= 11 is 0. The standard InChI is InChI=1S/C26H33NO6/c1-5-6-17-32-22-13-9-20(18-23(22)31-4)10-14-24(28)27-16-15-19-7-11-21(12-8-19)33-26(2,3)25(29)30/h7-14,18H,5-6,15-17H2,1-4H3,(H,27,28)(H,29,30). The van der Waals surface area contributed by atoms with Gasteiger partial charge in [-0.2, -0.15) is 0 Å². The van der Waals surface area contributed by atoms with Crippen LogP contribution in [0.1, 0.15) is 44.7 Å². The van der Waals surface area contributed by atoms with Crippen LogP contribution in [0.15, 0.2) is 48.5 Å². The van der Waals surface area contributed by atoms with Gasteiger partial charge in [0.1, 0.15) is 5.75 Å². The highest BCUT2D eigenvalue weighted by Gasteiger charge is 2.29. The molecular formula is C26H33NO6. The highest BCUT2D eigenvalue weighted by atomic mass is 16.5. The minimum Gasteiger partial charge on any atom is -0.493 e. The van der Waals surface area contributed by atoms with E-state index in [0.29, 0.717) is 36.8 Å². The number of hydrogen-bond acceptors (Lipinski definition) is 5. The summed E-state index contributed by atoms with van der Waals surface area (Å²) in [4.78, 5) is 23.3. The molecule has 33 heavy (non-hydrogen) atoms. The molecule has 0 aliphatic heterocycles. The summed E-state index contributed by atoms with van der Waals surface area (Å²) < 4.78 is 16.6. The number of carboxylic acids is 1. The van der Waals surface area contributed by atoms with E-state index < -0.39 is 11.6 Å². The molecule has 7 heteroatoms. The van der Waals surface area contributed by atoms with Gasteiger partial charge in [-0.1, -0.05) is 31.5 Å². The SMILES string of the molecule is CCCCOc1ccc(C=CC(=O)NCCc2ccc(OC(C)(C)C(=O)O)cc2)cc1OC. The van der Waals surface area contributed by atoms with Gasteiger partial charge in [-0.25, -0.2) is 4.79 Å². The van der Waals surface area contributed by atoms with Gasteiger partial charge >= 0.3 is 5.97 Å². The van der Waals surface area contributed by atoms with Gasteiger partial charge in [0.15, 0.2) is 17.1 Å². The molecule has 2 rings (SSSR count). The van der Waals surface area contributed by atoms with E-state index in [1.807, 2.05) is 30.3 Å². The van der Waals surface area contributed by atoms with Crippen molar-refractivity contribution in [1.82, 2.24) is 5.32 Å². The number of carbonyl (C=O) groups excluding carboxylic acids is 1. The second-order valence-electron chi connectivity index (χ2n) is 8.05. The first-order valence-electron chi connectivity index (χ1n) is 11.0. The summed E-state index contributed by atoms with van der Waals surface area (Å²) in [7, 11) is 1.59. The molecule has 0 fully saturated rings. The lowest BCUT2D eigenvalue weighted by Gasteiger charge is -2.21. The minimum absolute atomic E-state index is 0.194. The lowest BCUT2D eigenvalue weighted by Crippen LogP contribution is -2.37. The number of ether oxygens (including phenoxy) is 3. The van der Waals surface area contributed by atoms with Gasteiger partial charge in [-0.3, -0.25) is 4.79 Å². The first-order chi connectivity index (χ1) is 15.7. The Bertz CT molecular complexity index is 950. The molecular weight excluding hydrogens is 422 g/mol. The molecule has 0 atom stereocenters. The van der Waals surface area contributed by atoms with E-state index >= 15 is 0 Å². The van der Waals surface area contributed by atoms with E-state index in [0.717, 1.165) is 24.0 Å². The van der Waals surface area contributed by atoms with Crippen molar-refractivity contribution in [3.8, 4) is 17.2 Å².